The summed E-state index contributed by atoms with van der Waals surface area (Å²) >= 11 is 8.74. The number of aromatic nitrogens is 4. The quantitative estimate of drug-likeness (QED) is 0.0287. The van der Waals surface area contributed by atoms with E-state index in [9.17, 15) is 19.2 Å². The van der Waals surface area contributed by atoms with Crippen molar-refractivity contribution >= 4 is 90.2 Å². The molecule has 4 atom stereocenters. The fourth-order valence-corrected chi connectivity index (χ4v) is 19.2. The number of aromatic amines is 2. The molecule has 6 saturated heterocycles. The van der Waals surface area contributed by atoms with Crippen molar-refractivity contribution in [2.24, 2.45) is 4.99 Å². The number of fused-ring (bicyclic) bond motifs is 6. The number of guanidine groups is 1. The van der Waals surface area contributed by atoms with Gasteiger partial charge in [0.05, 0.1) is 28.8 Å². The Balaban J connectivity index is 0.000000168. The lowest BCUT2D eigenvalue weighted by Gasteiger charge is -2.31. The molecule has 14 rings (SSSR count). The number of ether oxygens (including phenoxy) is 1. The first-order chi connectivity index (χ1) is 48.5. The van der Waals surface area contributed by atoms with E-state index in [1.54, 1.807) is 29.6 Å². The minimum absolute atomic E-state index is 0.00652. The highest BCUT2D eigenvalue weighted by Crippen LogP contribution is 2.49. The van der Waals surface area contributed by atoms with Gasteiger partial charge in [0.2, 0.25) is 23.7 Å². The van der Waals surface area contributed by atoms with Crippen LogP contribution in [0.1, 0.15) is 210 Å². The van der Waals surface area contributed by atoms with E-state index in [-0.39, 0.29) is 41.3 Å². The van der Waals surface area contributed by atoms with Crippen LogP contribution in [0.5, 0.6) is 0 Å². The van der Waals surface area contributed by atoms with E-state index in [0.29, 0.717) is 55.6 Å². The van der Waals surface area contributed by atoms with E-state index < -0.39 is 16.9 Å². The molecule has 6 aliphatic heterocycles. The summed E-state index contributed by atoms with van der Waals surface area (Å²) in [7, 11) is 0. The number of carbonyl (C=O) groups is 4. The molecule has 4 bridgehead atoms. The van der Waals surface area contributed by atoms with Gasteiger partial charge in [0.15, 0.2) is 5.11 Å². The summed E-state index contributed by atoms with van der Waals surface area (Å²) < 4.78 is 4.94. The van der Waals surface area contributed by atoms with Gasteiger partial charge in [0, 0.05) is 126 Å². The predicted molar refractivity (Wildman–Crippen MR) is 415 cm³/mol. The number of carbonyl (C=O) groups excluding carboxylic acids is 4. The van der Waals surface area contributed by atoms with Crippen molar-refractivity contribution < 1.29 is 23.9 Å². The molecule has 0 radical (unpaired) electrons. The maximum absolute atomic E-state index is 14.1. The summed E-state index contributed by atoms with van der Waals surface area (Å²) in [6.07, 6.45) is 19.5. The van der Waals surface area contributed by atoms with Crippen LogP contribution in [0.3, 0.4) is 0 Å². The fraction of sp³-hybridized carbons (Fsp3) is 0.506. The van der Waals surface area contributed by atoms with Crippen LogP contribution >= 0.6 is 34.9 Å². The number of benzene rings is 2. The number of hydrogen-bond donors (Lipinski definition) is 6. The van der Waals surface area contributed by atoms with Crippen molar-refractivity contribution in [3.63, 3.8) is 0 Å². The fourth-order valence-electron chi connectivity index (χ4n) is 16.7. The van der Waals surface area contributed by atoms with Crippen LogP contribution in [0, 0.1) is 27.7 Å². The average molecular weight is 1420 g/mol. The third-order valence-electron chi connectivity index (χ3n) is 21.9. The van der Waals surface area contributed by atoms with Gasteiger partial charge >= 0.3 is 6.09 Å². The molecule has 0 aliphatic carbocycles. The first-order valence-corrected chi connectivity index (χ1v) is 39.0. The lowest BCUT2D eigenvalue weighted by atomic mass is 9.88. The lowest BCUT2D eigenvalue weighted by molar-refractivity contribution is -0.138. The molecule has 6 fully saturated rings. The van der Waals surface area contributed by atoms with E-state index in [0.717, 1.165) is 138 Å². The van der Waals surface area contributed by atoms with Crippen molar-refractivity contribution in [3.8, 4) is 22.5 Å². The summed E-state index contributed by atoms with van der Waals surface area (Å²) in [5, 5.41) is 14.8. The van der Waals surface area contributed by atoms with Crippen molar-refractivity contribution in [1.29, 1.82) is 0 Å². The number of H-pyrrole nitrogens is 2. The number of aryl methyl sites for hydroxylation is 4. The first kappa shape index (κ1) is 73.0. The summed E-state index contributed by atoms with van der Waals surface area (Å²) in [5.41, 5.74) is 13.3. The van der Waals surface area contributed by atoms with Crippen LogP contribution in [-0.4, -0.2) is 140 Å². The van der Waals surface area contributed by atoms with Gasteiger partial charge < -0.3 is 40.0 Å². The van der Waals surface area contributed by atoms with Gasteiger partial charge in [-0.2, -0.15) is 0 Å². The molecule has 4 amide bonds. The number of likely N-dealkylation sites (tertiary alicyclic amines) is 1. The highest BCUT2D eigenvalue weighted by molar-refractivity contribution is 7.80. The Morgan fingerprint density at radius 2 is 1.10 bits per heavy atom. The third-order valence-corrected chi connectivity index (χ3v) is 24.9. The number of amides is 4. The first-order valence-electron chi connectivity index (χ1n) is 36.9. The summed E-state index contributed by atoms with van der Waals surface area (Å²) in [6, 6.07) is 27.8. The third kappa shape index (κ3) is 16.1. The zero-order chi connectivity index (χ0) is 71.4. The molecule has 536 valence electrons. The van der Waals surface area contributed by atoms with Crippen LogP contribution in [0.15, 0.2) is 103 Å². The van der Waals surface area contributed by atoms with E-state index in [1.165, 1.54) is 61.9 Å². The molecule has 2 unspecified atom stereocenters. The molecule has 17 nitrogen and oxygen atoms in total. The number of pyridine rings is 2. The average Bonchev–Trinajstić information content (AvgIpc) is 1.60. The van der Waals surface area contributed by atoms with Gasteiger partial charge in [-0.3, -0.25) is 40.0 Å². The monoisotopic (exact) mass is 1420 g/mol. The Labute approximate surface area is 610 Å². The van der Waals surface area contributed by atoms with Gasteiger partial charge in [-0.25, -0.2) is 4.79 Å². The molecule has 0 saturated carbocycles. The van der Waals surface area contributed by atoms with Crippen molar-refractivity contribution in [2.45, 2.75) is 219 Å². The Kier molecular flexibility index (Phi) is 22.7. The predicted octanol–water partition coefficient (Wildman–Crippen LogP) is 16.0. The zero-order valence-corrected chi connectivity index (χ0v) is 63.7. The van der Waals surface area contributed by atoms with Gasteiger partial charge in [-0.15, -0.1) is 22.7 Å². The SMILES string of the molecule is CCCC(=O)NC(=NC[C@@H](C)c1c(-c2cc(C)cc(C)c2)[nH]c2sc(C(C)(C)C(=O)N3C4CCC3CC4)cc12)N1CCC(c2ccncc2)C1.CCOC(=O)NC(=S)NC[C@@H](C)c1c(-c2cc(C)cc(C)c2)[nH]c2sc(C(C)(C)C(=O)N3C4CCC3CC4)cc12.c1cc(C2CCNC2)ccn1. The molecular weight excluding hydrogens is 1320 g/mol. The van der Waals surface area contributed by atoms with Gasteiger partial charge in [0.1, 0.15) is 9.66 Å². The smallest absolute Gasteiger partial charge is 0.413 e. The van der Waals surface area contributed by atoms with Gasteiger partial charge in [-0.1, -0.05) is 55.2 Å². The minimum atomic E-state index is -0.605. The van der Waals surface area contributed by atoms with E-state index in [4.69, 9.17) is 21.9 Å². The second-order valence-electron chi connectivity index (χ2n) is 30.4. The second-order valence-corrected chi connectivity index (χ2v) is 32.9. The number of thiophene rings is 2. The molecule has 101 heavy (non-hydrogen) atoms. The maximum atomic E-state index is 14.1. The minimum Gasteiger partial charge on any atom is -0.450 e. The number of aliphatic imine (C=N–C) groups is 1. The molecule has 12 heterocycles. The number of nitrogens with zero attached hydrogens (tertiary/aromatic N) is 6. The molecule has 20 heteroatoms. The standard InChI is InChI=1S/C41H52N6O2S.C31H40N4O3S2.C9H12N2/c1-7-8-35(48)44-40(46-18-15-29(24-46)28-13-16-42-17-14-28)43-23-27(4)36-33-22-34(41(5,6)39(49)47-31-9-10-32(47)12-11-31)50-38(33)45-37(36)30-20-25(2)19-26(3)21-30;1-7-38-30(37)34-29(39)32-16-19(4)25-23-15-24(31(5,6)28(36)35-21-8-9-22(35)11-10-21)40-27(23)33-26(25)20-13-17(2)12-18(3)14-20;1-4-10-5-2-8(1)9-3-6-11-7-9/h13-14,16-17,19-22,27,29,31-32,45H,7-12,15,18,23-24H2,1-6H3,(H,43,44,48);12-15,19,21-22,33H,7-11,16H2,1-6H3,(H2,32,34,37,39);1-2,4-5,9,11H,3,6-7H2/t27-,29?,31?,32?;19-,21?,22?;/m11./s1. The van der Waals surface area contributed by atoms with Crippen LogP contribution < -0.4 is 21.3 Å². The summed E-state index contributed by atoms with van der Waals surface area (Å²) in [4.78, 5) is 84.7. The summed E-state index contributed by atoms with van der Waals surface area (Å²) in [5.74, 6) is 2.39. The Morgan fingerprint density at radius 3 is 1.54 bits per heavy atom. The Morgan fingerprint density at radius 1 is 0.634 bits per heavy atom. The molecular formula is C81H104N12O5S3. The molecule has 6 aromatic heterocycles. The molecule has 6 N–H and O–H groups in total. The Hall–Kier alpha value is -7.78. The molecule has 6 aliphatic rings. The Bertz CT molecular complexity index is 4240. The van der Waals surface area contributed by atoms with Gasteiger partial charge in [-0.05, 0) is 252 Å². The largest absolute Gasteiger partial charge is 0.450 e. The van der Waals surface area contributed by atoms with E-state index in [1.807, 2.05) is 31.7 Å². The van der Waals surface area contributed by atoms with Crippen LogP contribution in [0.2, 0.25) is 0 Å². The van der Waals surface area contributed by atoms with Crippen LogP contribution in [0.4, 0.5) is 4.79 Å². The normalized spacial score (nSPS) is 20.8. The van der Waals surface area contributed by atoms with Crippen LogP contribution in [0.25, 0.3) is 42.9 Å². The molecule has 2 aromatic carbocycles. The van der Waals surface area contributed by atoms with E-state index in [2.05, 4.69) is 198 Å². The van der Waals surface area contributed by atoms with Crippen LogP contribution in [-0.2, 0) is 30.0 Å². The topological polar surface area (TPSA) is 205 Å². The second kappa shape index (κ2) is 31.4. The summed E-state index contributed by atoms with van der Waals surface area (Å²) in [6.45, 7) is 30.3. The molecule has 8 aromatic rings. The number of thiocarbonyl (C=S) groups is 1. The molecule has 0 spiro atoms. The van der Waals surface area contributed by atoms with Crippen molar-refractivity contribution in [3.05, 3.63) is 152 Å². The highest BCUT2D eigenvalue weighted by atomic mass is 32.1. The number of nitrogens with one attached hydrogen (secondary N) is 6. The maximum Gasteiger partial charge on any atom is 0.413 e. The number of alkyl carbamates (subject to hydrolysis) is 1. The van der Waals surface area contributed by atoms with Crippen molar-refractivity contribution in [1.82, 2.24) is 55.9 Å². The zero-order valence-electron chi connectivity index (χ0n) is 61.2. The van der Waals surface area contributed by atoms with Gasteiger partial charge in [0.25, 0.3) is 0 Å². The highest BCUT2D eigenvalue weighted by Gasteiger charge is 2.49. The number of hydrogen-bond acceptors (Lipinski definition) is 12. The number of rotatable bonds is 17. The lowest BCUT2D eigenvalue weighted by Crippen LogP contribution is -2.45. The van der Waals surface area contributed by atoms with Crippen molar-refractivity contribution in [2.75, 3.05) is 45.9 Å². The van der Waals surface area contributed by atoms with E-state index >= 15 is 0 Å².